The molecule has 2 amide bonds. The minimum atomic E-state index is -3.53. The van der Waals surface area contributed by atoms with Crippen molar-refractivity contribution in [1.82, 2.24) is 10.6 Å². The molecule has 3 atom stereocenters. The Labute approximate surface area is 242 Å². The third kappa shape index (κ3) is 10.3. The average Bonchev–Trinajstić information content (AvgIpc) is 2.96. The summed E-state index contributed by atoms with van der Waals surface area (Å²) < 4.78 is 24.8. The summed E-state index contributed by atoms with van der Waals surface area (Å²) in [6.07, 6.45) is -0.575. The van der Waals surface area contributed by atoms with Crippen LogP contribution in [-0.4, -0.2) is 42.6 Å². The van der Waals surface area contributed by atoms with Crippen LogP contribution in [0.1, 0.15) is 38.3 Å². The number of hydrogen-bond acceptors (Lipinski definition) is 6. The molecular formula is C32H39N2O6P. The van der Waals surface area contributed by atoms with Crippen molar-refractivity contribution in [2.75, 3.05) is 12.8 Å². The first-order chi connectivity index (χ1) is 19.7. The van der Waals surface area contributed by atoms with E-state index < -0.39 is 37.2 Å². The second-order valence-electron chi connectivity index (χ2n) is 10.2. The summed E-state index contributed by atoms with van der Waals surface area (Å²) in [6, 6.07) is 25.2. The van der Waals surface area contributed by atoms with Gasteiger partial charge in [0.1, 0.15) is 12.6 Å². The Kier molecular flexibility index (Phi) is 12.3. The fourth-order valence-corrected chi connectivity index (χ4v) is 6.47. The molecule has 3 aromatic carbocycles. The molecule has 41 heavy (non-hydrogen) atoms. The Hall–Kier alpha value is -3.74. The van der Waals surface area contributed by atoms with Crippen LogP contribution in [0.2, 0.25) is 0 Å². The monoisotopic (exact) mass is 578 g/mol. The Morgan fingerprint density at radius 3 is 1.90 bits per heavy atom. The van der Waals surface area contributed by atoms with Crippen LogP contribution in [0.5, 0.6) is 0 Å². The molecule has 0 aromatic heterocycles. The molecule has 0 fully saturated rings. The van der Waals surface area contributed by atoms with Crippen molar-refractivity contribution in [2.24, 2.45) is 5.92 Å². The SMILES string of the molecule is CCOP(=O)(CC(=O)[C@H](Cc1ccccc1)NC(=O)[C@H](CC(C)C)NC(=O)OCc1ccccc1)c1ccccc1. The van der Waals surface area contributed by atoms with E-state index in [-0.39, 0.29) is 31.7 Å². The number of ketones is 1. The lowest BCUT2D eigenvalue weighted by Crippen LogP contribution is -2.53. The van der Waals surface area contributed by atoms with E-state index in [1.165, 1.54) is 0 Å². The van der Waals surface area contributed by atoms with Gasteiger partial charge in [-0.1, -0.05) is 92.7 Å². The highest BCUT2D eigenvalue weighted by molar-refractivity contribution is 7.67. The minimum Gasteiger partial charge on any atom is -0.445 e. The van der Waals surface area contributed by atoms with Gasteiger partial charge in [0.05, 0.1) is 18.8 Å². The number of amides is 2. The maximum absolute atomic E-state index is 13.9. The third-order valence-corrected chi connectivity index (χ3v) is 8.86. The van der Waals surface area contributed by atoms with Gasteiger partial charge in [-0.25, -0.2) is 4.79 Å². The molecule has 0 saturated heterocycles. The molecule has 0 bridgehead atoms. The summed E-state index contributed by atoms with van der Waals surface area (Å²) in [4.78, 5) is 39.8. The fraction of sp³-hybridized carbons (Fsp3) is 0.344. The molecular weight excluding hydrogens is 539 g/mol. The lowest BCUT2D eigenvalue weighted by atomic mass is 10.00. The Balaban J connectivity index is 1.78. The van der Waals surface area contributed by atoms with Crippen molar-refractivity contribution < 1.29 is 28.2 Å². The summed E-state index contributed by atoms with van der Waals surface area (Å²) in [5.41, 5.74) is 1.64. The van der Waals surface area contributed by atoms with Crippen molar-refractivity contribution >= 4 is 30.5 Å². The highest BCUT2D eigenvalue weighted by atomic mass is 31.2. The van der Waals surface area contributed by atoms with Gasteiger partial charge in [0.15, 0.2) is 5.78 Å². The van der Waals surface area contributed by atoms with Gasteiger partial charge >= 0.3 is 6.09 Å². The molecule has 2 N–H and O–H groups in total. The zero-order chi connectivity index (χ0) is 29.7. The first kappa shape index (κ1) is 31.8. The maximum atomic E-state index is 13.9. The first-order valence-electron chi connectivity index (χ1n) is 13.8. The number of nitrogens with one attached hydrogen (secondary N) is 2. The number of Topliss-reactive ketones (excluding diaryl/α,β-unsaturated/α-hetero) is 1. The van der Waals surface area contributed by atoms with Crippen LogP contribution in [0.3, 0.4) is 0 Å². The largest absolute Gasteiger partial charge is 0.445 e. The Morgan fingerprint density at radius 1 is 0.780 bits per heavy atom. The van der Waals surface area contributed by atoms with E-state index in [1.54, 1.807) is 37.3 Å². The number of ether oxygens (including phenoxy) is 1. The van der Waals surface area contributed by atoms with Crippen LogP contribution in [0.15, 0.2) is 91.0 Å². The summed E-state index contributed by atoms with van der Waals surface area (Å²) in [6.45, 7) is 5.82. The number of benzene rings is 3. The van der Waals surface area contributed by atoms with Crippen LogP contribution in [0.25, 0.3) is 0 Å². The smallest absolute Gasteiger partial charge is 0.408 e. The molecule has 0 aliphatic carbocycles. The molecule has 218 valence electrons. The highest BCUT2D eigenvalue weighted by Gasteiger charge is 2.34. The van der Waals surface area contributed by atoms with E-state index in [1.807, 2.05) is 74.5 Å². The number of alkyl carbamates (subject to hydrolysis) is 1. The number of carbonyl (C=O) groups is 3. The maximum Gasteiger partial charge on any atom is 0.408 e. The molecule has 8 nitrogen and oxygen atoms in total. The third-order valence-electron chi connectivity index (χ3n) is 6.37. The van der Waals surface area contributed by atoms with Gasteiger partial charge in [-0.05, 0) is 48.9 Å². The van der Waals surface area contributed by atoms with Gasteiger partial charge in [0, 0.05) is 5.30 Å². The minimum absolute atomic E-state index is 0.0595. The zero-order valence-electron chi connectivity index (χ0n) is 23.8. The van der Waals surface area contributed by atoms with Gasteiger partial charge in [-0.15, -0.1) is 0 Å². The molecule has 0 saturated carbocycles. The Morgan fingerprint density at radius 2 is 1.34 bits per heavy atom. The van der Waals surface area contributed by atoms with Crippen molar-refractivity contribution in [1.29, 1.82) is 0 Å². The first-order valence-corrected chi connectivity index (χ1v) is 15.6. The second-order valence-corrected chi connectivity index (χ2v) is 12.6. The van der Waals surface area contributed by atoms with E-state index in [2.05, 4.69) is 10.6 Å². The van der Waals surface area contributed by atoms with Gasteiger partial charge in [0.25, 0.3) is 0 Å². The van der Waals surface area contributed by atoms with Crippen molar-refractivity contribution in [2.45, 2.75) is 52.3 Å². The molecule has 0 spiro atoms. The standard InChI is InChI=1S/C32H39N2O6P/c1-4-40-41(38,27-18-12-7-13-19-27)23-30(35)28(21-25-14-8-5-9-15-25)33-31(36)29(20-24(2)3)34-32(37)39-22-26-16-10-6-11-17-26/h5-19,24,28-29H,4,20-23H2,1-3H3,(H,33,36)(H,34,37)/t28-,29-,41?/m0/s1. The number of carbonyl (C=O) groups excluding carboxylic acids is 3. The van der Waals surface area contributed by atoms with E-state index in [0.29, 0.717) is 11.7 Å². The van der Waals surface area contributed by atoms with Crippen LogP contribution in [0.4, 0.5) is 4.79 Å². The summed E-state index contributed by atoms with van der Waals surface area (Å²) >= 11 is 0. The topological polar surface area (TPSA) is 111 Å². The predicted octanol–water partition coefficient (Wildman–Crippen LogP) is 5.26. The molecule has 0 radical (unpaired) electrons. The number of hydrogen-bond donors (Lipinski definition) is 2. The molecule has 0 heterocycles. The van der Waals surface area contributed by atoms with E-state index in [9.17, 15) is 18.9 Å². The molecule has 3 rings (SSSR count). The van der Waals surface area contributed by atoms with Gasteiger partial charge in [-0.2, -0.15) is 0 Å². The van der Waals surface area contributed by atoms with Crippen LogP contribution >= 0.6 is 7.37 Å². The van der Waals surface area contributed by atoms with Gasteiger partial charge in [-0.3, -0.25) is 14.2 Å². The van der Waals surface area contributed by atoms with Crippen LogP contribution < -0.4 is 15.9 Å². The molecule has 1 unspecified atom stereocenters. The summed E-state index contributed by atoms with van der Waals surface area (Å²) in [5.74, 6) is -0.868. The van der Waals surface area contributed by atoms with E-state index >= 15 is 0 Å². The van der Waals surface area contributed by atoms with E-state index in [4.69, 9.17) is 9.26 Å². The fourth-order valence-electron chi connectivity index (χ4n) is 4.37. The number of rotatable bonds is 15. The Bertz CT molecular complexity index is 1300. The summed E-state index contributed by atoms with van der Waals surface area (Å²) in [5, 5.41) is 5.93. The van der Waals surface area contributed by atoms with Gasteiger partial charge < -0.3 is 19.9 Å². The van der Waals surface area contributed by atoms with Crippen molar-refractivity contribution in [3.8, 4) is 0 Å². The van der Waals surface area contributed by atoms with Crippen LogP contribution in [-0.2, 0) is 36.4 Å². The normalized spacial score (nSPS) is 14.0. The molecule has 0 aliphatic rings. The lowest BCUT2D eigenvalue weighted by molar-refractivity contribution is -0.128. The average molecular weight is 579 g/mol. The zero-order valence-corrected chi connectivity index (χ0v) is 24.7. The highest BCUT2D eigenvalue weighted by Crippen LogP contribution is 2.45. The van der Waals surface area contributed by atoms with Crippen molar-refractivity contribution in [3.05, 3.63) is 102 Å². The quantitative estimate of drug-likeness (QED) is 0.238. The van der Waals surface area contributed by atoms with Crippen molar-refractivity contribution in [3.63, 3.8) is 0 Å². The van der Waals surface area contributed by atoms with Gasteiger partial charge in [0.2, 0.25) is 13.3 Å². The van der Waals surface area contributed by atoms with E-state index in [0.717, 1.165) is 11.1 Å². The molecule has 9 heteroatoms. The predicted molar refractivity (Wildman–Crippen MR) is 160 cm³/mol. The molecule has 0 aliphatic heterocycles. The summed E-state index contributed by atoms with van der Waals surface area (Å²) in [7, 11) is -3.53. The van der Waals surface area contributed by atoms with Crippen LogP contribution in [0, 0.1) is 5.92 Å². The molecule has 3 aromatic rings. The second kappa shape index (κ2) is 15.9. The lowest BCUT2D eigenvalue weighted by Gasteiger charge is -2.25.